The Bertz CT molecular complexity index is 1200. The molecule has 7 heteroatoms. The van der Waals surface area contributed by atoms with E-state index >= 15 is 0 Å². The van der Waals surface area contributed by atoms with Gasteiger partial charge in [-0.15, -0.1) is 0 Å². The highest BCUT2D eigenvalue weighted by molar-refractivity contribution is 5.96. The number of fused-ring (bicyclic) bond motifs is 1. The van der Waals surface area contributed by atoms with Gasteiger partial charge in [0.05, 0.1) is 5.69 Å². The highest BCUT2D eigenvalue weighted by Gasteiger charge is 2.32. The Morgan fingerprint density at radius 1 is 1.07 bits per heavy atom. The summed E-state index contributed by atoms with van der Waals surface area (Å²) in [6.07, 6.45) is 0. The monoisotopic (exact) mass is 405 g/mol. The fourth-order valence-electron chi connectivity index (χ4n) is 3.28. The molecule has 1 aliphatic rings. The molecule has 4 rings (SSSR count). The predicted molar refractivity (Wildman–Crippen MR) is 114 cm³/mol. The molecular formula is C23H23N3O4. The van der Waals surface area contributed by atoms with Gasteiger partial charge in [0.25, 0.3) is 11.5 Å². The molecule has 0 aliphatic carbocycles. The van der Waals surface area contributed by atoms with Crippen LogP contribution in [0, 0.1) is 13.8 Å². The van der Waals surface area contributed by atoms with Crippen molar-refractivity contribution >= 4 is 11.6 Å². The van der Waals surface area contributed by atoms with Gasteiger partial charge in [-0.3, -0.25) is 9.59 Å². The number of aryl methyl sites for hydroxylation is 1. The first-order valence-electron chi connectivity index (χ1n) is 9.66. The summed E-state index contributed by atoms with van der Waals surface area (Å²) in [5.74, 6) is 0.966. The van der Waals surface area contributed by atoms with Crippen LogP contribution >= 0.6 is 0 Å². The van der Waals surface area contributed by atoms with Gasteiger partial charge in [-0.1, -0.05) is 12.1 Å². The van der Waals surface area contributed by atoms with Gasteiger partial charge in [-0.25, -0.2) is 4.68 Å². The van der Waals surface area contributed by atoms with Gasteiger partial charge < -0.3 is 14.8 Å². The van der Waals surface area contributed by atoms with Crippen LogP contribution in [0.15, 0.2) is 53.3 Å². The molecule has 0 bridgehead atoms. The number of nitrogens with zero attached hydrogens (tertiary/aromatic N) is 2. The third kappa shape index (κ3) is 3.43. The van der Waals surface area contributed by atoms with E-state index in [0.29, 0.717) is 22.9 Å². The SMILES string of the molecule is Cc1cccc(NC(=O)C(C)(C)n2nc(-c3ccc4c(c3)OCO4)ccc2=O)c1C. The van der Waals surface area contributed by atoms with Crippen molar-refractivity contribution in [1.82, 2.24) is 9.78 Å². The second kappa shape index (κ2) is 7.33. The summed E-state index contributed by atoms with van der Waals surface area (Å²) in [6.45, 7) is 7.45. The lowest BCUT2D eigenvalue weighted by molar-refractivity contribution is -0.123. The zero-order valence-corrected chi connectivity index (χ0v) is 17.4. The molecule has 154 valence electrons. The van der Waals surface area contributed by atoms with Crippen molar-refractivity contribution in [3.8, 4) is 22.8 Å². The van der Waals surface area contributed by atoms with Crippen molar-refractivity contribution in [2.45, 2.75) is 33.2 Å². The van der Waals surface area contributed by atoms with Gasteiger partial charge in [-0.2, -0.15) is 5.10 Å². The molecule has 0 radical (unpaired) electrons. The van der Waals surface area contributed by atoms with Crippen LogP contribution in [0.3, 0.4) is 0 Å². The van der Waals surface area contributed by atoms with Crippen molar-refractivity contribution < 1.29 is 14.3 Å². The van der Waals surface area contributed by atoms with E-state index in [1.165, 1.54) is 10.7 Å². The quantitative estimate of drug-likeness (QED) is 0.717. The maximum atomic E-state index is 13.1. The van der Waals surface area contributed by atoms with E-state index < -0.39 is 5.54 Å². The number of nitrogens with one attached hydrogen (secondary N) is 1. The van der Waals surface area contributed by atoms with Crippen LogP contribution in [-0.2, 0) is 10.3 Å². The average molecular weight is 405 g/mol. The molecule has 3 aromatic rings. The summed E-state index contributed by atoms with van der Waals surface area (Å²) in [6, 6.07) is 14.2. The molecule has 0 saturated carbocycles. The number of rotatable bonds is 4. The third-order valence-electron chi connectivity index (χ3n) is 5.41. The predicted octanol–water partition coefficient (Wildman–Crippen LogP) is 3.63. The van der Waals surface area contributed by atoms with E-state index in [9.17, 15) is 9.59 Å². The standard InChI is InChI=1S/C23H23N3O4/c1-14-6-5-7-17(15(14)2)24-22(28)23(3,4)26-21(27)11-9-18(25-26)16-8-10-19-20(12-16)30-13-29-19/h5-12H,13H2,1-4H3,(H,24,28). The number of anilines is 1. The normalized spacial score (nSPS) is 12.7. The molecule has 0 fully saturated rings. The lowest BCUT2D eigenvalue weighted by atomic mass is 10.0. The van der Waals surface area contributed by atoms with Gasteiger partial charge in [0.2, 0.25) is 6.79 Å². The topological polar surface area (TPSA) is 82.5 Å². The number of hydrogen-bond acceptors (Lipinski definition) is 5. The Morgan fingerprint density at radius 2 is 1.83 bits per heavy atom. The molecule has 0 unspecified atom stereocenters. The molecular weight excluding hydrogens is 382 g/mol. The van der Waals surface area contributed by atoms with Crippen LogP contribution in [0.2, 0.25) is 0 Å². The Labute approximate surface area is 174 Å². The number of hydrogen-bond donors (Lipinski definition) is 1. The van der Waals surface area contributed by atoms with E-state index in [4.69, 9.17) is 9.47 Å². The zero-order chi connectivity index (χ0) is 21.5. The molecule has 1 amide bonds. The smallest absolute Gasteiger partial charge is 0.267 e. The minimum absolute atomic E-state index is 0.178. The summed E-state index contributed by atoms with van der Waals surface area (Å²) in [5, 5.41) is 7.42. The van der Waals surface area contributed by atoms with Crippen molar-refractivity contribution in [3.05, 3.63) is 70.0 Å². The van der Waals surface area contributed by atoms with E-state index in [-0.39, 0.29) is 18.3 Å². The third-order valence-corrected chi connectivity index (χ3v) is 5.41. The summed E-state index contributed by atoms with van der Waals surface area (Å²) in [4.78, 5) is 25.7. The second-order valence-corrected chi connectivity index (χ2v) is 7.80. The first-order valence-corrected chi connectivity index (χ1v) is 9.66. The maximum absolute atomic E-state index is 13.1. The van der Waals surface area contributed by atoms with Crippen molar-refractivity contribution in [3.63, 3.8) is 0 Å². The van der Waals surface area contributed by atoms with Gasteiger partial charge in [0, 0.05) is 17.3 Å². The number of amides is 1. The van der Waals surface area contributed by atoms with E-state index in [0.717, 1.165) is 16.7 Å². The largest absolute Gasteiger partial charge is 0.454 e. The summed E-state index contributed by atoms with van der Waals surface area (Å²) in [5.41, 5.74) is 2.52. The van der Waals surface area contributed by atoms with Gasteiger partial charge >= 0.3 is 0 Å². The number of carbonyl (C=O) groups is 1. The summed E-state index contributed by atoms with van der Waals surface area (Å²) >= 11 is 0. The van der Waals surface area contributed by atoms with Crippen molar-refractivity contribution in [2.75, 3.05) is 12.1 Å². The van der Waals surface area contributed by atoms with Crippen LogP contribution in [0.5, 0.6) is 11.5 Å². The molecule has 1 aliphatic heterocycles. The highest BCUT2D eigenvalue weighted by atomic mass is 16.7. The number of carbonyl (C=O) groups excluding carboxylic acids is 1. The summed E-state index contributed by atoms with van der Waals surface area (Å²) < 4.78 is 12.0. The number of ether oxygens (including phenoxy) is 2. The Morgan fingerprint density at radius 3 is 2.63 bits per heavy atom. The average Bonchev–Trinajstić information content (AvgIpc) is 3.19. The van der Waals surface area contributed by atoms with Crippen molar-refractivity contribution in [1.29, 1.82) is 0 Å². The Balaban J connectivity index is 1.68. The van der Waals surface area contributed by atoms with E-state index in [1.54, 1.807) is 26.0 Å². The van der Waals surface area contributed by atoms with Gasteiger partial charge in [0.1, 0.15) is 5.54 Å². The molecule has 0 atom stereocenters. The van der Waals surface area contributed by atoms with Crippen LogP contribution in [-0.4, -0.2) is 22.5 Å². The fourth-order valence-corrected chi connectivity index (χ4v) is 3.28. The highest BCUT2D eigenvalue weighted by Crippen LogP contribution is 2.35. The molecule has 1 N–H and O–H groups in total. The van der Waals surface area contributed by atoms with Crippen molar-refractivity contribution in [2.24, 2.45) is 0 Å². The molecule has 0 spiro atoms. The molecule has 1 aromatic heterocycles. The van der Waals surface area contributed by atoms with Crippen LogP contribution in [0.1, 0.15) is 25.0 Å². The fraction of sp³-hybridized carbons (Fsp3) is 0.261. The molecule has 0 saturated heterocycles. The first kappa shape index (κ1) is 19.7. The summed E-state index contributed by atoms with van der Waals surface area (Å²) in [7, 11) is 0. The van der Waals surface area contributed by atoms with E-state index in [1.807, 2.05) is 44.2 Å². The lowest BCUT2D eigenvalue weighted by Gasteiger charge is -2.26. The first-order chi connectivity index (χ1) is 14.3. The number of benzene rings is 2. The zero-order valence-electron chi connectivity index (χ0n) is 17.4. The Kier molecular flexibility index (Phi) is 4.81. The second-order valence-electron chi connectivity index (χ2n) is 7.80. The van der Waals surface area contributed by atoms with Crippen LogP contribution < -0.4 is 20.3 Å². The molecule has 2 heterocycles. The van der Waals surface area contributed by atoms with Gasteiger partial charge in [-0.05, 0) is 69.2 Å². The number of aromatic nitrogens is 2. The lowest BCUT2D eigenvalue weighted by Crippen LogP contribution is -2.47. The molecule has 7 nitrogen and oxygen atoms in total. The minimum Gasteiger partial charge on any atom is -0.454 e. The van der Waals surface area contributed by atoms with E-state index in [2.05, 4.69) is 10.4 Å². The Hall–Kier alpha value is -3.61. The molecule has 2 aromatic carbocycles. The van der Waals surface area contributed by atoms with Crippen LogP contribution in [0.25, 0.3) is 11.3 Å². The van der Waals surface area contributed by atoms with Gasteiger partial charge in [0.15, 0.2) is 11.5 Å². The van der Waals surface area contributed by atoms with Crippen LogP contribution in [0.4, 0.5) is 5.69 Å². The maximum Gasteiger partial charge on any atom is 0.267 e. The molecule has 30 heavy (non-hydrogen) atoms. The minimum atomic E-state index is -1.21.